The Morgan fingerprint density at radius 2 is 2.25 bits per heavy atom. The number of nitrogens with zero attached hydrogens (tertiary/aromatic N) is 2. The van der Waals surface area contributed by atoms with Gasteiger partial charge in [0.15, 0.2) is 0 Å². The maximum absolute atomic E-state index is 11.3. The van der Waals surface area contributed by atoms with Crippen molar-refractivity contribution in [3.63, 3.8) is 0 Å². The minimum absolute atomic E-state index is 0.415. The number of aromatic nitrogens is 3. The number of carbonyl (C=O) groups is 1. The number of benzene rings is 1. The van der Waals surface area contributed by atoms with Gasteiger partial charge < -0.3 is 4.74 Å². The van der Waals surface area contributed by atoms with Gasteiger partial charge in [-0.15, -0.1) is 0 Å². The van der Waals surface area contributed by atoms with Gasteiger partial charge >= 0.3 is 6.09 Å². The molecule has 1 amide bonds. The van der Waals surface area contributed by atoms with Crippen molar-refractivity contribution < 1.29 is 9.53 Å². The van der Waals surface area contributed by atoms with Crippen LogP contribution in [0.15, 0.2) is 18.2 Å². The smallest absolute Gasteiger partial charge is 0.411 e. The van der Waals surface area contributed by atoms with Crippen LogP contribution < -0.4 is 5.32 Å². The molecule has 1 aromatic heterocycles. The van der Waals surface area contributed by atoms with Gasteiger partial charge in [-0.1, -0.05) is 6.92 Å². The number of aromatic amines is 1. The van der Waals surface area contributed by atoms with E-state index in [2.05, 4.69) is 20.7 Å². The molecule has 2 rings (SSSR count). The van der Waals surface area contributed by atoms with Crippen LogP contribution in [-0.2, 0) is 4.74 Å². The lowest BCUT2D eigenvalue weighted by molar-refractivity contribution is 0.161. The van der Waals surface area contributed by atoms with Crippen LogP contribution in [0.5, 0.6) is 0 Å². The summed E-state index contributed by atoms with van der Waals surface area (Å²) in [5.74, 6) is 0. The van der Waals surface area contributed by atoms with E-state index in [1.165, 1.54) is 0 Å². The Labute approximate surface area is 92.0 Å². The van der Waals surface area contributed by atoms with Crippen molar-refractivity contribution in [3.05, 3.63) is 18.2 Å². The van der Waals surface area contributed by atoms with Gasteiger partial charge in [0, 0.05) is 5.69 Å². The van der Waals surface area contributed by atoms with Gasteiger partial charge in [-0.2, -0.15) is 15.4 Å². The first-order valence-corrected chi connectivity index (χ1v) is 5.04. The molecule has 0 fully saturated rings. The van der Waals surface area contributed by atoms with Gasteiger partial charge in [-0.25, -0.2) is 4.79 Å². The van der Waals surface area contributed by atoms with Crippen molar-refractivity contribution in [2.45, 2.75) is 13.3 Å². The fourth-order valence-electron chi connectivity index (χ4n) is 1.27. The minimum atomic E-state index is -0.454. The molecule has 0 aliphatic rings. The number of hydrogen-bond acceptors (Lipinski definition) is 4. The third-order valence-corrected chi connectivity index (χ3v) is 2.00. The van der Waals surface area contributed by atoms with Gasteiger partial charge in [-0.3, -0.25) is 5.32 Å². The van der Waals surface area contributed by atoms with Crippen LogP contribution in [0.25, 0.3) is 11.0 Å². The monoisotopic (exact) mass is 220 g/mol. The standard InChI is InChI=1S/C10H12N4O2/c1-2-5-16-10(15)11-7-3-4-8-9(6-7)13-14-12-8/h3-4,6H,2,5H2,1H3,(H,11,15)(H,12,13,14). The maximum atomic E-state index is 11.3. The molecule has 0 aliphatic heterocycles. The van der Waals surface area contributed by atoms with Gasteiger partial charge in [0.05, 0.1) is 6.61 Å². The molecule has 0 radical (unpaired) electrons. The number of nitrogens with one attached hydrogen (secondary N) is 2. The molecule has 84 valence electrons. The van der Waals surface area contributed by atoms with Crippen LogP contribution in [0.3, 0.4) is 0 Å². The lowest BCUT2D eigenvalue weighted by atomic mass is 10.3. The predicted octanol–water partition coefficient (Wildman–Crippen LogP) is 1.92. The summed E-state index contributed by atoms with van der Waals surface area (Å²) in [6.45, 7) is 2.35. The topological polar surface area (TPSA) is 79.9 Å². The quantitative estimate of drug-likeness (QED) is 0.828. The highest BCUT2D eigenvalue weighted by Crippen LogP contribution is 2.14. The Balaban J connectivity index is 2.06. The summed E-state index contributed by atoms with van der Waals surface area (Å²) in [6, 6.07) is 5.25. The molecular formula is C10H12N4O2. The molecule has 1 aromatic carbocycles. The van der Waals surface area contributed by atoms with Crippen molar-refractivity contribution in [1.82, 2.24) is 15.4 Å². The summed E-state index contributed by atoms with van der Waals surface area (Å²) < 4.78 is 4.89. The van der Waals surface area contributed by atoms with E-state index in [1.807, 2.05) is 6.92 Å². The third kappa shape index (κ3) is 2.28. The molecule has 0 spiro atoms. The second kappa shape index (κ2) is 4.61. The number of rotatable bonds is 3. The van der Waals surface area contributed by atoms with Crippen LogP contribution in [0.1, 0.15) is 13.3 Å². The van der Waals surface area contributed by atoms with E-state index in [9.17, 15) is 4.79 Å². The van der Waals surface area contributed by atoms with Crippen molar-refractivity contribution in [1.29, 1.82) is 0 Å². The molecule has 0 bridgehead atoms. The summed E-state index contributed by atoms with van der Waals surface area (Å²) in [4.78, 5) is 11.3. The Morgan fingerprint density at radius 3 is 3.06 bits per heavy atom. The van der Waals surface area contributed by atoms with Crippen molar-refractivity contribution in [2.75, 3.05) is 11.9 Å². The van der Waals surface area contributed by atoms with Crippen molar-refractivity contribution in [2.24, 2.45) is 0 Å². The summed E-state index contributed by atoms with van der Waals surface area (Å²) in [7, 11) is 0. The molecule has 6 nitrogen and oxygen atoms in total. The zero-order valence-corrected chi connectivity index (χ0v) is 8.86. The lowest BCUT2D eigenvalue weighted by Crippen LogP contribution is -2.13. The van der Waals surface area contributed by atoms with Crippen LogP contribution in [-0.4, -0.2) is 28.1 Å². The Hall–Kier alpha value is -2.11. The number of carbonyl (C=O) groups excluding carboxylic acids is 1. The minimum Gasteiger partial charge on any atom is -0.449 e. The molecule has 0 atom stereocenters. The SMILES string of the molecule is CCCOC(=O)Nc1ccc2n[nH]nc2c1. The van der Waals surface area contributed by atoms with E-state index in [-0.39, 0.29) is 0 Å². The zero-order valence-electron chi connectivity index (χ0n) is 8.86. The van der Waals surface area contributed by atoms with Crippen molar-refractivity contribution in [3.8, 4) is 0 Å². The molecule has 0 saturated carbocycles. The second-order valence-corrected chi connectivity index (χ2v) is 3.29. The average Bonchev–Trinajstić information content (AvgIpc) is 2.73. The molecule has 0 saturated heterocycles. The van der Waals surface area contributed by atoms with E-state index in [0.29, 0.717) is 17.8 Å². The van der Waals surface area contributed by atoms with Crippen LogP contribution in [0.4, 0.5) is 10.5 Å². The van der Waals surface area contributed by atoms with E-state index in [1.54, 1.807) is 18.2 Å². The van der Waals surface area contributed by atoms with Crippen LogP contribution >= 0.6 is 0 Å². The highest BCUT2D eigenvalue weighted by molar-refractivity contribution is 5.88. The van der Waals surface area contributed by atoms with Crippen LogP contribution in [0.2, 0.25) is 0 Å². The number of H-pyrrole nitrogens is 1. The molecule has 0 aliphatic carbocycles. The van der Waals surface area contributed by atoms with Crippen LogP contribution in [0, 0.1) is 0 Å². The normalized spacial score (nSPS) is 10.3. The first-order valence-electron chi connectivity index (χ1n) is 5.04. The largest absolute Gasteiger partial charge is 0.449 e. The van der Waals surface area contributed by atoms with Gasteiger partial charge in [-0.05, 0) is 24.6 Å². The van der Waals surface area contributed by atoms with Gasteiger partial charge in [0.25, 0.3) is 0 Å². The van der Waals surface area contributed by atoms with Gasteiger partial charge in [0.2, 0.25) is 0 Å². The number of anilines is 1. The molecule has 1 heterocycles. The first kappa shape index (κ1) is 10.4. The maximum Gasteiger partial charge on any atom is 0.411 e. The Bertz CT molecular complexity index is 494. The summed E-state index contributed by atoms with van der Waals surface area (Å²) in [6.07, 6.45) is 0.347. The number of hydrogen-bond donors (Lipinski definition) is 2. The predicted molar refractivity (Wildman–Crippen MR) is 59.2 cm³/mol. The number of amides is 1. The summed E-state index contributed by atoms with van der Waals surface area (Å²) in [5.41, 5.74) is 2.10. The Kier molecular flexibility index (Phi) is 3.00. The van der Waals surface area contributed by atoms with E-state index < -0.39 is 6.09 Å². The molecular weight excluding hydrogens is 208 g/mol. The highest BCUT2D eigenvalue weighted by Gasteiger charge is 2.04. The van der Waals surface area contributed by atoms with Gasteiger partial charge in [0.1, 0.15) is 11.0 Å². The molecule has 0 unspecified atom stereocenters. The number of ether oxygens (including phenoxy) is 1. The molecule has 2 aromatic rings. The van der Waals surface area contributed by atoms with E-state index >= 15 is 0 Å². The summed E-state index contributed by atoms with van der Waals surface area (Å²) in [5, 5.41) is 13.0. The average molecular weight is 220 g/mol. The van der Waals surface area contributed by atoms with E-state index in [4.69, 9.17) is 4.74 Å². The molecule has 16 heavy (non-hydrogen) atoms. The van der Waals surface area contributed by atoms with E-state index in [0.717, 1.165) is 11.9 Å². The fraction of sp³-hybridized carbons (Fsp3) is 0.300. The Morgan fingerprint density at radius 1 is 1.44 bits per heavy atom. The number of fused-ring (bicyclic) bond motifs is 1. The second-order valence-electron chi connectivity index (χ2n) is 3.29. The van der Waals surface area contributed by atoms with Crippen molar-refractivity contribution >= 4 is 22.8 Å². The highest BCUT2D eigenvalue weighted by atomic mass is 16.5. The first-order chi connectivity index (χ1) is 7.79. The lowest BCUT2D eigenvalue weighted by Gasteiger charge is -2.05. The third-order valence-electron chi connectivity index (χ3n) is 2.00. The molecule has 2 N–H and O–H groups in total. The molecule has 6 heteroatoms. The zero-order chi connectivity index (χ0) is 11.4. The summed E-state index contributed by atoms with van der Waals surface area (Å²) >= 11 is 0. The fourth-order valence-corrected chi connectivity index (χ4v) is 1.27.